The summed E-state index contributed by atoms with van der Waals surface area (Å²) in [5.74, 6) is 0.403. The van der Waals surface area contributed by atoms with E-state index in [1.165, 1.54) is 20.3 Å². The molecule has 0 fully saturated rings. The molecule has 0 spiro atoms. The summed E-state index contributed by atoms with van der Waals surface area (Å²) in [5.41, 5.74) is -0.0598. The zero-order valence-corrected chi connectivity index (χ0v) is 12.7. The fourth-order valence-electron chi connectivity index (χ4n) is 2.85. The molecule has 0 aliphatic rings. The van der Waals surface area contributed by atoms with Gasteiger partial charge in [-0.1, -0.05) is 0 Å². The third-order valence-electron chi connectivity index (χ3n) is 3.89. The van der Waals surface area contributed by atoms with E-state index < -0.39 is 5.63 Å². The van der Waals surface area contributed by atoms with Crippen molar-refractivity contribution in [2.24, 2.45) is 0 Å². The number of rotatable bonds is 2. The molecule has 0 aliphatic heterocycles. The van der Waals surface area contributed by atoms with Gasteiger partial charge in [0.15, 0.2) is 17.1 Å². The Bertz CT molecular complexity index is 1170. The Hall–Kier alpha value is -3.35. The number of furan rings is 1. The molecule has 7 nitrogen and oxygen atoms in total. The molecule has 2 aromatic heterocycles. The van der Waals surface area contributed by atoms with Crippen LogP contribution in [-0.2, 0) is 0 Å². The van der Waals surface area contributed by atoms with Gasteiger partial charge >= 0.3 is 5.63 Å². The van der Waals surface area contributed by atoms with Crippen molar-refractivity contribution in [1.29, 1.82) is 0 Å². The Kier molecular flexibility index (Phi) is 2.86. The molecule has 2 heterocycles. The van der Waals surface area contributed by atoms with Crippen molar-refractivity contribution in [3.05, 3.63) is 34.7 Å². The molecule has 4 aromatic rings. The van der Waals surface area contributed by atoms with Crippen molar-refractivity contribution < 1.29 is 28.5 Å². The van der Waals surface area contributed by atoms with Crippen molar-refractivity contribution in [3.63, 3.8) is 0 Å². The van der Waals surface area contributed by atoms with E-state index in [-0.39, 0.29) is 33.4 Å². The molecule has 2 N–H and O–H groups in total. The van der Waals surface area contributed by atoms with Crippen LogP contribution in [0, 0.1) is 0 Å². The van der Waals surface area contributed by atoms with Crippen LogP contribution in [0.25, 0.3) is 32.9 Å². The van der Waals surface area contributed by atoms with Gasteiger partial charge in [-0.05, 0) is 6.07 Å². The van der Waals surface area contributed by atoms with E-state index in [9.17, 15) is 15.0 Å². The van der Waals surface area contributed by atoms with Crippen LogP contribution >= 0.6 is 0 Å². The monoisotopic (exact) mass is 328 g/mol. The molecule has 24 heavy (non-hydrogen) atoms. The van der Waals surface area contributed by atoms with Crippen molar-refractivity contribution in [2.45, 2.75) is 0 Å². The van der Waals surface area contributed by atoms with Gasteiger partial charge in [-0.3, -0.25) is 0 Å². The Labute approximate surface area is 134 Å². The Morgan fingerprint density at radius 3 is 2.29 bits per heavy atom. The van der Waals surface area contributed by atoms with Gasteiger partial charge in [-0.2, -0.15) is 0 Å². The molecule has 0 saturated carbocycles. The minimum atomic E-state index is -0.645. The van der Waals surface area contributed by atoms with Gasteiger partial charge in [-0.15, -0.1) is 0 Å². The van der Waals surface area contributed by atoms with E-state index in [2.05, 4.69) is 0 Å². The lowest BCUT2D eigenvalue weighted by atomic mass is 10.1. The van der Waals surface area contributed by atoms with Gasteiger partial charge in [-0.25, -0.2) is 4.79 Å². The lowest BCUT2D eigenvalue weighted by Gasteiger charge is -2.06. The van der Waals surface area contributed by atoms with Crippen LogP contribution in [0.4, 0.5) is 0 Å². The van der Waals surface area contributed by atoms with Crippen molar-refractivity contribution >= 4 is 32.9 Å². The van der Waals surface area contributed by atoms with Gasteiger partial charge in [0, 0.05) is 23.6 Å². The number of hydrogen-bond acceptors (Lipinski definition) is 7. The molecule has 122 valence electrons. The molecule has 7 heteroatoms. The van der Waals surface area contributed by atoms with Gasteiger partial charge in [0.1, 0.15) is 33.4 Å². The first-order chi connectivity index (χ1) is 11.5. The summed E-state index contributed by atoms with van der Waals surface area (Å²) in [6.45, 7) is 0. The Morgan fingerprint density at radius 1 is 0.875 bits per heavy atom. The zero-order valence-electron chi connectivity index (χ0n) is 12.7. The van der Waals surface area contributed by atoms with Crippen LogP contribution in [0.5, 0.6) is 23.0 Å². The SMILES string of the molecule is COc1cc2oc3c4c(O)cc(O)cc4oc(=O)c3c2cc1OC. The normalized spacial score (nSPS) is 11.4. The van der Waals surface area contributed by atoms with E-state index in [4.69, 9.17) is 18.3 Å². The molecular weight excluding hydrogens is 316 g/mol. The zero-order chi connectivity index (χ0) is 17.0. The summed E-state index contributed by atoms with van der Waals surface area (Å²) in [7, 11) is 2.98. The second-order valence-electron chi connectivity index (χ2n) is 5.24. The highest BCUT2D eigenvalue weighted by atomic mass is 16.5. The van der Waals surface area contributed by atoms with E-state index in [1.807, 2.05) is 0 Å². The molecule has 0 radical (unpaired) electrons. The van der Waals surface area contributed by atoms with E-state index in [1.54, 1.807) is 12.1 Å². The minimum Gasteiger partial charge on any atom is -0.508 e. The highest BCUT2D eigenvalue weighted by Crippen LogP contribution is 2.41. The number of fused-ring (bicyclic) bond motifs is 5. The average Bonchev–Trinajstić information content (AvgIpc) is 2.91. The van der Waals surface area contributed by atoms with Crippen LogP contribution in [0.15, 0.2) is 37.9 Å². The molecule has 4 rings (SSSR count). The summed E-state index contributed by atoms with van der Waals surface area (Å²) in [4.78, 5) is 12.4. The first kappa shape index (κ1) is 14.3. The quantitative estimate of drug-likeness (QED) is 0.545. The first-order valence-electron chi connectivity index (χ1n) is 7.00. The highest BCUT2D eigenvalue weighted by Gasteiger charge is 2.21. The Morgan fingerprint density at radius 2 is 1.58 bits per heavy atom. The maximum absolute atomic E-state index is 12.4. The third kappa shape index (κ3) is 1.81. The maximum atomic E-state index is 12.4. The summed E-state index contributed by atoms with van der Waals surface area (Å²) < 4.78 is 21.5. The second kappa shape index (κ2) is 4.82. The topological polar surface area (TPSA) is 102 Å². The Balaban J connectivity index is 2.26. The number of phenolic OH excluding ortho intramolecular Hbond substituents is 2. The third-order valence-corrected chi connectivity index (χ3v) is 3.89. The summed E-state index contributed by atoms with van der Waals surface area (Å²) in [6.07, 6.45) is 0. The van der Waals surface area contributed by atoms with Gasteiger partial charge in [0.2, 0.25) is 0 Å². The maximum Gasteiger partial charge on any atom is 0.348 e. The number of methoxy groups -OCH3 is 2. The molecule has 2 aromatic carbocycles. The predicted octanol–water partition coefficient (Wildman–Crippen LogP) is 3.12. The van der Waals surface area contributed by atoms with Crippen LogP contribution in [0.2, 0.25) is 0 Å². The number of aromatic hydroxyl groups is 2. The van der Waals surface area contributed by atoms with Gasteiger partial charge in [0.25, 0.3) is 0 Å². The van der Waals surface area contributed by atoms with Gasteiger partial charge in [0.05, 0.1) is 14.2 Å². The number of hydrogen-bond donors (Lipinski definition) is 2. The number of phenols is 2. The number of benzene rings is 2. The molecule has 0 unspecified atom stereocenters. The largest absolute Gasteiger partial charge is 0.508 e. The van der Waals surface area contributed by atoms with Crippen LogP contribution in [0.3, 0.4) is 0 Å². The van der Waals surface area contributed by atoms with Gasteiger partial charge < -0.3 is 28.5 Å². The minimum absolute atomic E-state index is 0.0305. The van der Waals surface area contributed by atoms with E-state index >= 15 is 0 Å². The van der Waals surface area contributed by atoms with Crippen molar-refractivity contribution in [1.82, 2.24) is 0 Å². The fraction of sp³-hybridized carbons (Fsp3) is 0.118. The fourth-order valence-corrected chi connectivity index (χ4v) is 2.85. The molecular formula is C17H12O7. The van der Waals surface area contributed by atoms with Crippen LogP contribution in [-0.4, -0.2) is 24.4 Å². The summed E-state index contributed by atoms with van der Waals surface area (Å²) in [5, 5.41) is 20.6. The standard InChI is InChI=1S/C17H12O7/c1-21-11-5-8-10(6-12(11)22-2)23-16-14(8)17(20)24-13-4-7(18)3-9(19)15(13)16/h3-6,18-19H,1-2H3. The summed E-state index contributed by atoms with van der Waals surface area (Å²) >= 11 is 0. The second-order valence-corrected chi connectivity index (χ2v) is 5.24. The molecule has 0 aliphatic carbocycles. The van der Waals surface area contributed by atoms with E-state index in [0.717, 1.165) is 6.07 Å². The molecule has 0 atom stereocenters. The predicted molar refractivity (Wildman–Crippen MR) is 86.2 cm³/mol. The summed E-state index contributed by atoms with van der Waals surface area (Å²) in [6, 6.07) is 5.59. The molecule has 0 saturated heterocycles. The number of ether oxygens (including phenoxy) is 2. The first-order valence-corrected chi connectivity index (χ1v) is 7.00. The molecule has 0 bridgehead atoms. The lowest BCUT2D eigenvalue weighted by Crippen LogP contribution is -1.98. The average molecular weight is 328 g/mol. The molecule has 0 amide bonds. The van der Waals surface area contributed by atoms with Crippen molar-refractivity contribution in [3.8, 4) is 23.0 Å². The van der Waals surface area contributed by atoms with E-state index in [0.29, 0.717) is 22.5 Å². The van der Waals surface area contributed by atoms with Crippen molar-refractivity contribution in [2.75, 3.05) is 14.2 Å². The highest BCUT2D eigenvalue weighted by molar-refractivity contribution is 6.15. The lowest BCUT2D eigenvalue weighted by molar-refractivity contribution is 0.355. The van der Waals surface area contributed by atoms with Crippen LogP contribution < -0.4 is 15.1 Å². The van der Waals surface area contributed by atoms with Crippen LogP contribution in [0.1, 0.15) is 0 Å². The smallest absolute Gasteiger partial charge is 0.348 e.